The van der Waals surface area contributed by atoms with Gasteiger partial charge < -0.3 is 5.32 Å². The highest BCUT2D eigenvalue weighted by Crippen LogP contribution is 2.06. The molecule has 0 amide bonds. The van der Waals surface area contributed by atoms with E-state index in [9.17, 15) is 0 Å². The van der Waals surface area contributed by atoms with Gasteiger partial charge in [0, 0.05) is 20.1 Å². The van der Waals surface area contributed by atoms with Crippen molar-refractivity contribution in [3.63, 3.8) is 0 Å². The monoisotopic (exact) mass is 233 g/mol. The number of rotatable bonds is 6. The van der Waals surface area contributed by atoms with Gasteiger partial charge in [0.1, 0.15) is 5.82 Å². The van der Waals surface area contributed by atoms with Crippen molar-refractivity contribution in [2.45, 2.75) is 20.4 Å². The van der Waals surface area contributed by atoms with Crippen LogP contribution < -0.4 is 5.32 Å². The second-order valence-corrected chi connectivity index (χ2v) is 4.00. The van der Waals surface area contributed by atoms with Crippen LogP contribution in [0, 0.1) is 17.2 Å². The second kappa shape index (κ2) is 6.81. The first-order valence-electron chi connectivity index (χ1n) is 5.80. The van der Waals surface area contributed by atoms with Gasteiger partial charge in [-0.15, -0.1) is 0 Å². The first kappa shape index (κ1) is 13.4. The van der Waals surface area contributed by atoms with E-state index in [4.69, 9.17) is 5.26 Å². The Hall–Kier alpha value is -1.67. The molecule has 1 heterocycles. The fourth-order valence-corrected chi connectivity index (χ4v) is 1.53. The van der Waals surface area contributed by atoms with Crippen LogP contribution in [-0.2, 0) is 6.54 Å². The van der Waals surface area contributed by atoms with Crippen molar-refractivity contribution in [2.75, 3.05) is 25.5 Å². The number of nitrogens with zero attached hydrogens (tertiary/aromatic N) is 4. The summed E-state index contributed by atoms with van der Waals surface area (Å²) >= 11 is 0. The third-order valence-corrected chi connectivity index (χ3v) is 2.55. The maximum absolute atomic E-state index is 8.80. The molecule has 0 aliphatic rings. The van der Waals surface area contributed by atoms with Gasteiger partial charge in [0.2, 0.25) is 0 Å². The van der Waals surface area contributed by atoms with Crippen LogP contribution in [0.4, 0.5) is 5.82 Å². The van der Waals surface area contributed by atoms with Crippen LogP contribution in [0.2, 0.25) is 0 Å². The summed E-state index contributed by atoms with van der Waals surface area (Å²) in [5.74, 6) is 0.807. The maximum Gasteiger partial charge on any atom is 0.144 e. The van der Waals surface area contributed by atoms with Gasteiger partial charge in [-0.05, 0) is 13.5 Å². The van der Waals surface area contributed by atoms with E-state index in [0.29, 0.717) is 0 Å². The van der Waals surface area contributed by atoms with Gasteiger partial charge in [0.25, 0.3) is 0 Å². The predicted molar refractivity (Wildman–Crippen MR) is 67.3 cm³/mol. The minimum absolute atomic E-state index is 0.0412. The number of hydrogen-bond acceptors (Lipinski definition) is 5. The van der Waals surface area contributed by atoms with Crippen molar-refractivity contribution < 1.29 is 0 Å². The van der Waals surface area contributed by atoms with E-state index in [1.54, 1.807) is 12.4 Å². The minimum Gasteiger partial charge on any atom is -0.372 e. The quantitative estimate of drug-likeness (QED) is 0.806. The molecule has 17 heavy (non-hydrogen) atoms. The summed E-state index contributed by atoms with van der Waals surface area (Å²) < 4.78 is 0. The zero-order valence-corrected chi connectivity index (χ0v) is 10.6. The highest BCUT2D eigenvalue weighted by Gasteiger charge is 2.09. The summed E-state index contributed by atoms with van der Waals surface area (Å²) in [5, 5.41) is 11.7. The molecule has 5 heteroatoms. The van der Waals surface area contributed by atoms with Gasteiger partial charge >= 0.3 is 0 Å². The van der Waals surface area contributed by atoms with Crippen LogP contribution in [0.1, 0.15) is 19.5 Å². The molecular weight excluding hydrogens is 214 g/mol. The normalized spacial score (nSPS) is 12.2. The molecule has 0 aromatic carbocycles. The lowest BCUT2D eigenvalue weighted by Crippen LogP contribution is -2.28. The smallest absolute Gasteiger partial charge is 0.144 e. The SMILES string of the molecule is CCN(Cc1cnc(NC)cn1)CC(C)C#N. The molecule has 1 rings (SSSR count). The summed E-state index contributed by atoms with van der Waals surface area (Å²) in [6.45, 7) is 6.42. The largest absolute Gasteiger partial charge is 0.372 e. The minimum atomic E-state index is 0.0412. The number of anilines is 1. The molecule has 0 saturated carbocycles. The molecule has 92 valence electrons. The van der Waals surface area contributed by atoms with Crippen molar-refractivity contribution >= 4 is 5.82 Å². The zero-order chi connectivity index (χ0) is 12.7. The standard InChI is InChI=1S/C12H19N5/c1-4-17(8-10(2)5-13)9-11-6-16-12(14-3)7-15-11/h6-7,10H,4,8-9H2,1-3H3,(H,14,16). The molecule has 1 N–H and O–H groups in total. The summed E-state index contributed by atoms with van der Waals surface area (Å²) in [5.41, 5.74) is 0.927. The van der Waals surface area contributed by atoms with Crippen molar-refractivity contribution in [3.05, 3.63) is 18.1 Å². The van der Waals surface area contributed by atoms with E-state index in [1.165, 1.54) is 0 Å². The number of nitriles is 1. The second-order valence-electron chi connectivity index (χ2n) is 4.00. The van der Waals surface area contributed by atoms with Gasteiger partial charge in [-0.3, -0.25) is 9.88 Å². The molecule has 1 atom stereocenters. The lowest BCUT2D eigenvalue weighted by molar-refractivity contribution is 0.257. The molecular formula is C12H19N5. The molecule has 1 aromatic rings. The lowest BCUT2D eigenvalue weighted by atomic mass is 10.2. The third kappa shape index (κ3) is 4.37. The Morgan fingerprint density at radius 3 is 2.71 bits per heavy atom. The maximum atomic E-state index is 8.80. The van der Waals surface area contributed by atoms with Crippen LogP contribution in [0.25, 0.3) is 0 Å². The molecule has 0 bridgehead atoms. The number of aromatic nitrogens is 2. The van der Waals surface area contributed by atoms with Gasteiger partial charge in [0.05, 0.1) is 30.1 Å². The Kier molecular flexibility index (Phi) is 5.37. The number of nitrogens with one attached hydrogen (secondary N) is 1. The van der Waals surface area contributed by atoms with Crippen LogP contribution >= 0.6 is 0 Å². The fraction of sp³-hybridized carbons (Fsp3) is 0.583. The van der Waals surface area contributed by atoms with Gasteiger partial charge in [-0.25, -0.2) is 4.98 Å². The van der Waals surface area contributed by atoms with Crippen molar-refractivity contribution in [1.82, 2.24) is 14.9 Å². The van der Waals surface area contributed by atoms with Crippen molar-refractivity contribution in [1.29, 1.82) is 5.26 Å². The first-order chi connectivity index (χ1) is 8.19. The van der Waals surface area contributed by atoms with Crippen LogP contribution in [-0.4, -0.2) is 35.0 Å². The van der Waals surface area contributed by atoms with Crippen molar-refractivity contribution in [2.24, 2.45) is 5.92 Å². The van der Waals surface area contributed by atoms with E-state index in [0.717, 1.165) is 31.1 Å². The Balaban J connectivity index is 2.58. The Morgan fingerprint density at radius 2 is 2.24 bits per heavy atom. The summed E-state index contributed by atoms with van der Waals surface area (Å²) in [6, 6.07) is 2.25. The van der Waals surface area contributed by atoms with Crippen LogP contribution in [0.15, 0.2) is 12.4 Å². The van der Waals surface area contributed by atoms with Gasteiger partial charge in [-0.1, -0.05) is 6.92 Å². The summed E-state index contributed by atoms with van der Waals surface area (Å²) in [4.78, 5) is 10.7. The third-order valence-electron chi connectivity index (χ3n) is 2.55. The van der Waals surface area contributed by atoms with Gasteiger partial charge in [0.15, 0.2) is 0 Å². The molecule has 0 spiro atoms. The average molecular weight is 233 g/mol. The lowest BCUT2D eigenvalue weighted by Gasteiger charge is -2.20. The number of hydrogen-bond donors (Lipinski definition) is 1. The van der Waals surface area contributed by atoms with E-state index >= 15 is 0 Å². The molecule has 0 fully saturated rings. The topological polar surface area (TPSA) is 64.8 Å². The Morgan fingerprint density at radius 1 is 1.47 bits per heavy atom. The average Bonchev–Trinajstić information content (AvgIpc) is 2.38. The Bertz CT molecular complexity index is 367. The fourth-order valence-electron chi connectivity index (χ4n) is 1.53. The van der Waals surface area contributed by atoms with E-state index in [-0.39, 0.29) is 5.92 Å². The van der Waals surface area contributed by atoms with Gasteiger partial charge in [-0.2, -0.15) is 5.26 Å². The molecule has 0 radical (unpaired) electrons. The van der Waals surface area contributed by atoms with E-state index in [2.05, 4.69) is 33.2 Å². The van der Waals surface area contributed by atoms with E-state index < -0.39 is 0 Å². The molecule has 0 aliphatic carbocycles. The molecule has 1 unspecified atom stereocenters. The summed E-state index contributed by atoms with van der Waals surface area (Å²) in [6.07, 6.45) is 3.49. The Labute approximate surface area is 102 Å². The molecule has 5 nitrogen and oxygen atoms in total. The van der Waals surface area contributed by atoms with Crippen LogP contribution in [0.5, 0.6) is 0 Å². The zero-order valence-electron chi connectivity index (χ0n) is 10.6. The highest BCUT2D eigenvalue weighted by molar-refractivity contribution is 5.29. The highest BCUT2D eigenvalue weighted by atomic mass is 15.1. The summed E-state index contributed by atoms with van der Waals surface area (Å²) in [7, 11) is 1.82. The first-order valence-corrected chi connectivity index (χ1v) is 5.80. The van der Waals surface area contributed by atoms with Crippen molar-refractivity contribution in [3.8, 4) is 6.07 Å². The predicted octanol–water partition coefficient (Wildman–Crippen LogP) is 1.50. The molecule has 0 saturated heterocycles. The molecule has 1 aromatic heterocycles. The van der Waals surface area contributed by atoms with E-state index in [1.807, 2.05) is 14.0 Å². The molecule has 0 aliphatic heterocycles. The van der Waals surface area contributed by atoms with Crippen LogP contribution in [0.3, 0.4) is 0 Å².